The van der Waals surface area contributed by atoms with E-state index >= 15 is 0 Å². The number of hydrogen-bond donors (Lipinski definition) is 0. The van der Waals surface area contributed by atoms with Gasteiger partial charge in [0.1, 0.15) is 10.8 Å². The first-order chi connectivity index (χ1) is 15.8. The zero-order valence-electron chi connectivity index (χ0n) is 18.3. The van der Waals surface area contributed by atoms with Crippen molar-refractivity contribution in [2.75, 3.05) is 14.2 Å². The third-order valence-corrected chi connectivity index (χ3v) is 5.82. The minimum Gasteiger partial charge on any atom is -0.497 e. The van der Waals surface area contributed by atoms with Crippen molar-refractivity contribution in [2.24, 2.45) is 5.18 Å². The molecule has 0 aliphatic rings. The molecule has 1 heterocycles. The Bertz CT molecular complexity index is 1210. The third kappa shape index (κ3) is 6.28. The summed E-state index contributed by atoms with van der Waals surface area (Å²) >= 11 is 12.6. The highest BCUT2D eigenvalue weighted by molar-refractivity contribution is 6.34. The summed E-state index contributed by atoms with van der Waals surface area (Å²) in [5.74, 6) is -0.0419. The summed E-state index contributed by atoms with van der Waals surface area (Å²) in [5.41, 5.74) is 2.51. The fourth-order valence-corrected chi connectivity index (χ4v) is 4.07. The minimum atomic E-state index is -0.819. The van der Waals surface area contributed by atoms with E-state index in [-0.39, 0.29) is 16.1 Å². The highest BCUT2D eigenvalue weighted by Crippen LogP contribution is 2.22. The molecule has 33 heavy (non-hydrogen) atoms. The molecule has 1 amide bonds. The van der Waals surface area contributed by atoms with E-state index in [1.165, 1.54) is 18.2 Å². The summed E-state index contributed by atoms with van der Waals surface area (Å²) in [6, 6.07) is 15.8. The molecular weight excluding hydrogens is 465 g/mol. The lowest BCUT2D eigenvalue weighted by molar-refractivity contribution is 0.100. The molecule has 0 spiro atoms. The molecular formula is C24H23Cl2N3O4. The smallest absolute Gasteiger partial charge is 0.316 e. The van der Waals surface area contributed by atoms with Gasteiger partial charge in [0.2, 0.25) is 0 Å². The lowest BCUT2D eigenvalue weighted by Crippen LogP contribution is -2.29. The van der Waals surface area contributed by atoms with Gasteiger partial charge in [0, 0.05) is 30.4 Å². The Morgan fingerprint density at radius 1 is 1.03 bits per heavy atom. The maximum Gasteiger partial charge on any atom is 0.316 e. The monoisotopic (exact) mass is 487 g/mol. The molecule has 0 radical (unpaired) electrons. The van der Waals surface area contributed by atoms with Crippen LogP contribution in [0.25, 0.3) is 0 Å². The molecule has 0 saturated heterocycles. The van der Waals surface area contributed by atoms with E-state index in [2.05, 4.69) is 5.18 Å². The van der Waals surface area contributed by atoms with Crippen LogP contribution in [-0.2, 0) is 26.1 Å². The molecule has 0 saturated carbocycles. The van der Waals surface area contributed by atoms with Gasteiger partial charge in [-0.1, -0.05) is 47.5 Å². The molecule has 3 rings (SSSR count). The molecule has 172 valence electrons. The number of ether oxygens (including phenoxy) is 1. The second-order valence-electron chi connectivity index (χ2n) is 7.61. The summed E-state index contributed by atoms with van der Waals surface area (Å²) in [4.78, 5) is 36.6. The molecule has 0 aliphatic carbocycles. The van der Waals surface area contributed by atoms with E-state index in [9.17, 15) is 14.5 Å². The highest BCUT2D eigenvalue weighted by Gasteiger charge is 2.15. The van der Waals surface area contributed by atoms with Gasteiger partial charge in [-0.2, -0.15) is 0 Å². The van der Waals surface area contributed by atoms with Crippen LogP contribution in [0.1, 0.15) is 27.2 Å². The Balaban J connectivity index is 1.79. The Hall–Kier alpha value is -3.00. The predicted molar refractivity (Wildman–Crippen MR) is 129 cm³/mol. The number of amides is 1. The van der Waals surface area contributed by atoms with Crippen molar-refractivity contribution in [3.05, 3.63) is 102 Å². The summed E-state index contributed by atoms with van der Waals surface area (Å²) in [7, 11) is 3.57. The number of nitroso groups, excluding NO2 is 1. The largest absolute Gasteiger partial charge is 0.497 e. The SMILES string of the molecule is COc1cccc(CN(C)Cc2c(Cl)cc(Cl)c(=O)n2CCc2ccc(C(=O)N=O)cc2)c1. The van der Waals surface area contributed by atoms with Gasteiger partial charge in [0.15, 0.2) is 0 Å². The maximum absolute atomic E-state index is 12.8. The van der Waals surface area contributed by atoms with E-state index in [0.29, 0.717) is 36.8 Å². The molecule has 0 atom stereocenters. The standard InChI is InChI=1S/C24H23Cl2N3O4/c1-28(14-17-4-3-5-19(12-17)33-2)15-22-20(25)13-21(26)24(31)29(22)11-10-16-6-8-18(9-7-16)23(30)27-32/h3-9,12-13H,10-11,14-15H2,1-2H3. The van der Waals surface area contributed by atoms with Crippen LogP contribution in [0.15, 0.2) is 64.6 Å². The number of pyridine rings is 1. The number of rotatable bonds is 9. The lowest BCUT2D eigenvalue weighted by Gasteiger charge is -2.22. The van der Waals surface area contributed by atoms with Crippen LogP contribution in [0.5, 0.6) is 5.75 Å². The van der Waals surface area contributed by atoms with Crippen molar-refractivity contribution in [1.29, 1.82) is 0 Å². The second-order valence-corrected chi connectivity index (χ2v) is 8.43. The lowest BCUT2D eigenvalue weighted by atomic mass is 10.1. The number of hydrogen-bond acceptors (Lipinski definition) is 5. The predicted octanol–water partition coefficient (Wildman–Crippen LogP) is 4.95. The van der Waals surface area contributed by atoms with Crippen molar-refractivity contribution >= 4 is 29.1 Å². The molecule has 3 aromatic rings. The molecule has 0 aliphatic heterocycles. The van der Waals surface area contributed by atoms with Crippen molar-refractivity contribution in [2.45, 2.75) is 26.1 Å². The number of aromatic nitrogens is 1. The van der Waals surface area contributed by atoms with E-state index in [1.54, 1.807) is 23.8 Å². The van der Waals surface area contributed by atoms with Crippen LogP contribution in [0.3, 0.4) is 0 Å². The van der Waals surface area contributed by atoms with Gasteiger partial charge in [-0.05, 0) is 54.9 Å². The topological polar surface area (TPSA) is 81.0 Å². The molecule has 9 heteroatoms. The van der Waals surface area contributed by atoms with E-state index in [1.807, 2.05) is 36.2 Å². The molecule has 7 nitrogen and oxygen atoms in total. The normalized spacial score (nSPS) is 10.9. The number of benzene rings is 2. The number of methoxy groups -OCH3 is 1. The Morgan fingerprint density at radius 2 is 1.76 bits per heavy atom. The average molecular weight is 488 g/mol. The van der Waals surface area contributed by atoms with Crippen molar-refractivity contribution in [3.8, 4) is 5.75 Å². The first kappa shape index (κ1) is 24.6. The van der Waals surface area contributed by atoms with E-state index < -0.39 is 5.91 Å². The van der Waals surface area contributed by atoms with Gasteiger partial charge in [-0.3, -0.25) is 14.5 Å². The first-order valence-corrected chi connectivity index (χ1v) is 10.9. The summed E-state index contributed by atoms with van der Waals surface area (Å²) in [5, 5.41) is 2.88. The molecule has 2 aromatic carbocycles. The van der Waals surface area contributed by atoms with Crippen LogP contribution in [0, 0.1) is 4.91 Å². The van der Waals surface area contributed by atoms with Crippen LogP contribution < -0.4 is 10.3 Å². The Labute approximate surface area is 201 Å². The average Bonchev–Trinajstić information content (AvgIpc) is 2.82. The fraction of sp³-hybridized carbons (Fsp3) is 0.250. The molecule has 0 bridgehead atoms. The first-order valence-electron chi connectivity index (χ1n) is 10.2. The number of carbonyl (C=O) groups excluding carboxylic acids is 1. The zero-order valence-corrected chi connectivity index (χ0v) is 19.8. The Morgan fingerprint density at radius 3 is 2.42 bits per heavy atom. The van der Waals surface area contributed by atoms with Gasteiger partial charge in [-0.15, -0.1) is 4.91 Å². The van der Waals surface area contributed by atoms with Crippen molar-refractivity contribution in [3.63, 3.8) is 0 Å². The maximum atomic E-state index is 12.8. The zero-order chi connectivity index (χ0) is 24.0. The third-order valence-electron chi connectivity index (χ3n) is 5.22. The van der Waals surface area contributed by atoms with Crippen LogP contribution in [0.4, 0.5) is 0 Å². The summed E-state index contributed by atoms with van der Waals surface area (Å²) < 4.78 is 6.87. The van der Waals surface area contributed by atoms with Crippen LogP contribution in [0.2, 0.25) is 10.0 Å². The van der Waals surface area contributed by atoms with Gasteiger partial charge in [0.05, 0.1) is 17.8 Å². The quantitative estimate of drug-likeness (QED) is 0.399. The number of aryl methyl sites for hydroxylation is 1. The van der Waals surface area contributed by atoms with Crippen LogP contribution in [-0.4, -0.2) is 29.5 Å². The summed E-state index contributed by atoms with van der Waals surface area (Å²) in [6.45, 7) is 1.41. The van der Waals surface area contributed by atoms with Gasteiger partial charge in [-0.25, -0.2) is 0 Å². The molecule has 1 aromatic heterocycles. The minimum absolute atomic E-state index is 0.0530. The number of carbonyl (C=O) groups is 1. The van der Waals surface area contributed by atoms with Crippen LogP contribution >= 0.6 is 23.2 Å². The second kappa shape index (κ2) is 11.2. The van der Waals surface area contributed by atoms with E-state index in [4.69, 9.17) is 27.9 Å². The number of nitrogens with zero attached hydrogens (tertiary/aromatic N) is 3. The van der Waals surface area contributed by atoms with Crippen molar-refractivity contribution in [1.82, 2.24) is 9.47 Å². The fourth-order valence-electron chi connectivity index (χ4n) is 3.54. The highest BCUT2D eigenvalue weighted by atomic mass is 35.5. The molecule has 0 unspecified atom stereocenters. The van der Waals surface area contributed by atoms with Crippen molar-refractivity contribution < 1.29 is 9.53 Å². The van der Waals surface area contributed by atoms with Gasteiger partial charge in [0.25, 0.3) is 5.56 Å². The van der Waals surface area contributed by atoms with E-state index in [0.717, 1.165) is 16.9 Å². The van der Waals surface area contributed by atoms with Gasteiger partial charge >= 0.3 is 5.91 Å². The van der Waals surface area contributed by atoms with Gasteiger partial charge < -0.3 is 9.30 Å². The molecule has 0 fully saturated rings. The number of halogens is 2. The Kier molecular flexibility index (Phi) is 8.38. The summed E-state index contributed by atoms with van der Waals surface area (Å²) in [6.07, 6.45) is 0.506. The molecule has 0 N–H and O–H groups in total.